The lowest BCUT2D eigenvalue weighted by molar-refractivity contribution is 0.1000. The van der Waals surface area contributed by atoms with Gasteiger partial charge < -0.3 is 16.4 Å². The number of carbonyl (C=O) groups excluding carboxylic acids is 1. The SMILES string of the molecule is NCCC1CCN(c2cccc(Br)c2C(N)=O)CC1. The number of piperidine rings is 1. The van der Waals surface area contributed by atoms with Crippen molar-refractivity contribution in [2.45, 2.75) is 19.3 Å². The first kappa shape index (κ1) is 14.3. The van der Waals surface area contributed by atoms with Gasteiger partial charge in [-0.3, -0.25) is 4.79 Å². The number of hydrogen-bond acceptors (Lipinski definition) is 3. The van der Waals surface area contributed by atoms with Crippen LogP contribution in [0.2, 0.25) is 0 Å². The third kappa shape index (κ3) is 3.28. The molecule has 0 aliphatic carbocycles. The molecule has 0 spiro atoms. The molecular weight excluding hydrogens is 306 g/mol. The number of primary amides is 1. The number of nitrogens with two attached hydrogens (primary N) is 2. The highest BCUT2D eigenvalue weighted by atomic mass is 79.9. The number of amides is 1. The molecule has 2 rings (SSSR count). The van der Waals surface area contributed by atoms with Crippen molar-refractivity contribution in [2.75, 3.05) is 24.5 Å². The van der Waals surface area contributed by atoms with Gasteiger partial charge in [0.2, 0.25) is 0 Å². The lowest BCUT2D eigenvalue weighted by Gasteiger charge is -2.34. The molecule has 1 amide bonds. The van der Waals surface area contributed by atoms with E-state index >= 15 is 0 Å². The highest BCUT2D eigenvalue weighted by Gasteiger charge is 2.22. The average Bonchev–Trinajstić information content (AvgIpc) is 2.39. The summed E-state index contributed by atoms with van der Waals surface area (Å²) in [6.45, 7) is 2.68. The lowest BCUT2D eigenvalue weighted by Crippen LogP contribution is -2.35. The number of hydrogen-bond donors (Lipinski definition) is 2. The van der Waals surface area contributed by atoms with Crippen LogP contribution in [0.3, 0.4) is 0 Å². The third-order valence-corrected chi connectivity index (χ3v) is 4.43. The van der Waals surface area contributed by atoms with E-state index in [0.29, 0.717) is 11.5 Å². The summed E-state index contributed by atoms with van der Waals surface area (Å²) in [4.78, 5) is 13.8. The van der Waals surface area contributed by atoms with Crippen molar-refractivity contribution in [3.05, 3.63) is 28.2 Å². The fourth-order valence-electron chi connectivity index (χ4n) is 2.72. The average molecular weight is 326 g/mol. The van der Waals surface area contributed by atoms with E-state index < -0.39 is 0 Å². The quantitative estimate of drug-likeness (QED) is 0.890. The van der Waals surface area contributed by atoms with E-state index in [2.05, 4.69) is 20.8 Å². The fraction of sp³-hybridized carbons (Fsp3) is 0.500. The van der Waals surface area contributed by atoms with Gasteiger partial charge in [0.05, 0.1) is 11.3 Å². The maximum atomic E-state index is 11.6. The van der Waals surface area contributed by atoms with Gasteiger partial charge in [-0.1, -0.05) is 6.07 Å². The molecule has 5 heteroatoms. The second kappa shape index (κ2) is 6.39. The van der Waals surface area contributed by atoms with Crippen molar-refractivity contribution in [1.29, 1.82) is 0 Å². The Morgan fingerprint density at radius 2 is 2.05 bits per heavy atom. The highest BCUT2D eigenvalue weighted by molar-refractivity contribution is 9.10. The first-order chi connectivity index (χ1) is 9.13. The molecule has 1 saturated heterocycles. The van der Waals surface area contributed by atoms with Gasteiger partial charge >= 0.3 is 0 Å². The standard InChI is InChI=1S/C14H20BrN3O/c15-11-2-1-3-12(13(11)14(17)19)18-8-5-10(4-7-16)6-9-18/h1-3,10H,4-9,16H2,(H2,17,19). The summed E-state index contributed by atoms with van der Waals surface area (Å²) < 4.78 is 0.765. The molecule has 1 aromatic carbocycles. The molecule has 0 saturated carbocycles. The van der Waals surface area contributed by atoms with Crippen LogP contribution in [-0.2, 0) is 0 Å². The largest absolute Gasteiger partial charge is 0.371 e. The first-order valence-electron chi connectivity index (χ1n) is 6.66. The number of nitrogens with zero attached hydrogens (tertiary/aromatic N) is 1. The van der Waals surface area contributed by atoms with Gasteiger partial charge in [0, 0.05) is 17.6 Å². The first-order valence-corrected chi connectivity index (χ1v) is 7.46. The summed E-state index contributed by atoms with van der Waals surface area (Å²) in [5, 5.41) is 0. The zero-order chi connectivity index (χ0) is 13.8. The van der Waals surface area contributed by atoms with Crippen molar-refractivity contribution in [1.82, 2.24) is 0 Å². The maximum Gasteiger partial charge on any atom is 0.251 e. The zero-order valence-corrected chi connectivity index (χ0v) is 12.5. The minimum absolute atomic E-state index is 0.383. The molecule has 1 aliphatic rings. The molecule has 1 aromatic rings. The minimum Gasteiger partial charge on any atom is -0.371 e. The van der Waals surface area contributed by atoms with Crippen molar-refractivity contribution >= 4 is 27.5 Å². The topological polar surface area (TPSA) is 72.3 Å². The molecule has 104 valence electrons. The fourth-order valence-corrected chi connectivity index (χ4v) is 3.27. The number of carbonyl (C=O) groups is 1. The molecule has 19 heavy (non-hydrogen) atoms. The monoisotopic (exact) mass is 325 g/mol. The summed E-state index contributed by atoms with van der Waals surface area (Å²) in [5.41, 5.74) is 12.6. The summed E-state index contributed by atoms with van der Waals surface area (Å²) in [7, 11) is 0. The van der Waals surface area contributed by atoms with E-state index in [4.69, 9.17) is 11.5 Å². The van der Waals surface area contributed by atoms with E-state index in [9.17, 15) is 4.79 Å². The Bertz CT molecular complexity index is 456. The molecule has 1 heterocycles. The molecule has 0 bridgehead atoms. The predicted octanol–water partition coefficient (Wildman–Crippen LogP) is 2.11. The van der Waals surface area contributed by atoms with Crippen molar-refractivity contribution in [3.8, 4) is 0 Å². The maximum absolute atomic E-state index is 11.6. The third-order valence-electron chi connectivity index (χ3n) is 3.77. The second-order valence-corrected chi connectivity index (χ2v) is 5.86. The van der Waals surface area contributed by atoms with Gasteiger partial charge in [0.15, 0.2) is 0 Å². The molecule has 0 radical (unpaired) electrons. The van der Waals surface area contributed by atoms with Gasteiger partial charge in [-0.2, -0.15) is 0 Å². The van der Waals surface area contributed by atoms with Gasteiger partial charge in [-0.25, -0.2) is 0 Å². The van der Waals surface area contributed by atoms with Crippen LogP contribution in [0.4, 0.5) is 5.69 Å². The molecule has 0 atom stereocenters. The predicted molar refractivity (Wildman–Crippen MR) is 81.3 cm³/mol. The van der Waals surface area contributed by atoms with Crippen LogP contribution in [-0.4, -0.2) is 25.5 Å². The van der Waals surface area contributed by atoms with Crippen LogP contribution in [0.25, 0.3) is 0 Å². The van der Waals surface area contributed by atoms with Gasteiger partial charge in [-0.15, -0.1) is 0 Å². The van der Waals surface area contributed by atoms with Crippen LogP contribution >= 0.6 is 15.9 Å². The Morgan fingerprint density at radius 1 is 1.37 bits per heavy atom. The van der Waals surface area contributed by atoms with E-state index in [-0.39, 0.29) is 5.91 Å². The van der Waals surface area contributed by atoms with Crippen LogP contribution < -0.4 is 16.4 Å². The van der Waals surface area contributed by atoms with Crippen LogP contribution in [0.5, 0.6) is 0 Å². The molecular formula is C14H20BrN3O. The lowest BCUT2D eigenvalue weighted by atomic mass is 9.93. The Hall–Kier alpha value is -1.07. The number of halogens is 1. The van der Waals surface area contributed by atoms with Gasteiger partial charge in [-0.05, 0) is 59.8 Å². The van der Waals surface area contributed by atoms with Gasteiger partial charge in [0.25, 0.3) is 5.91 Å². The Balaban J connectivity index is 2.15. The summed E-state index contributed by atoms with van der Waals surface area (Å²) in [5.74, 6) is 0.331. The molecule has 1 fully saturated rings. The number of rotatable bonds is 4. The Morgan fingerprint density at radius 3 is 2.63 bits per heavy atom. The van der Waals surface area contributed by atoms with E-state index in [1.54, 1.807) is 0 Å². The Kier molecular flexibility index (Phi) is 4.82. The molecule has 0 aromatic heterocycles. The molecule has 1 aliphatic heterocycles. The van der Waals surface area contributed by atoms with Gasteiger partial charge in [0.1, 0.15) is 0 Å². The van der Waals surface area contributed by atoms with E-state index in [1.165, 1.54) is 0 Å². The normalized spacial score (nSPS) is 16.6. The summed E-state index contributed by atoms with van der Waals surface area (Å²) in [6.07, 6.45) is 3.35. The van der Waals surface area contributed by atoms with Crippen molar-refractivity contribution in [2.24, 2.45) is 17.4 Å². The molecule has 4 nitrogen and oxygen atoms in total. The highest BCUT2D eigenvalue weighted by Crippen LogP contribution is 2.31. The smallest absolute Gasteiger partial charge is 0.251 e. The van der Waals surface area contributed by atoms with E-state index in [0.717, 1.165) is 49.1 Å². The molecule has 0 unspecified atom stereocenters. The van der Waals surface area contributed by atoms with Crippen molar-refractivity contribution in [3.63, 3.8) is 0 Å². The van der Waals surface area contributed by atoms with Crippen LogP contribution in [0.15, 0.2) is 22.7 Å². The van der Waals surface area contributed by atoms with Crippen LogP contribution in [0, 0.1) is 5.92 Å². The van der Waals surface area contributed by atoms with Crippen molar-refractivity contribution < 1.29 is 4.79 Å². The van der Waals surface area contributed by atoms with E-state index in [1.807, 2.05) is 18.2 Å². The van der Waals surface area contributed by atoms with Crippen LogP contribution in [0.1, 0.15) is 29.6 Å². The Labute approximate surface area is 122 Å². The number of benzene rings is 1. The minimum atomic E-state index is -0.383. The summed E-state index contributed by atoms with van der Waals surface area (Å²) >= 11 is 3.41. The number of anilines is 1. The second-order valence-electron chi connectivity index (χ2n) is 5.01. The zero-order valence-electron chi connectivity index (χ0n) is 10.9. The molecule has 4 N–H and O–H groups in total. The summed E-state index contributed by atoms with van der Waals surface area (Å²) in [6, 6.07) is 5.76.